The van der Waals surface area contributed by atoms with Crippen LogP contribution in [-0.2, 0) is 11.3 Å². The van der Waals surface area contributed by atoms with Gasteiger partial charge in [0.25, 0.3) is 0 Å². The summed E-state index contributed by atoms with van der Waals surface area (Å²) in [5, 5.41) is 4.31. The molecule has 2 fully saturated rings. The maximum atomic E-state index is 12.9. The molecule has 2 saturated heterocycles. The van der Waals surface area contributed by atoms with Gasteiger partial charge in [0.15, 0.2) is 0 Å². The number of carbonyl (C=O) groups is 1. The molecule has 0 saturated carbocycles. The number of amides is 1. The lowest BCUT2D eigenvalue weighted by Crippen LogP contribution is -2.52. The third-order valence-corrected chi connectivity index (χ3v) is 5.86. The minimum absolute atomic E-state index is 0.252. The Labute approximate surface area is 166 Å². The zero-order valence-corrected chi connectivity index (χ0v) is 16.5. The first kappa shape index (κ1) is 18.8. The molecule has 0 unspecified atom stereocenters. The number of hydrogen-bond acceptors (Lipinski definition) is 5. The highest BCUT2D eigenvalue weighted by molar-refractivity contribution is 5.78. The zero-order chi connectivity index (χ0) is 19.3. The van der Waals surface area contributed by atoms with E-state index in [1.807, 2.05) is 40.2 Å². The standard InChI is InChI=1S/C21H29N5O2/c1-28-20-7-5-18(6-8-20)23-12-14-24(15-13-23)21(27)17-25-10-2-4-19(25)16-26-11-3-9-22-26/h3,5-9,11,19H,2,4,10,12-17H2,1H3/t19-/m1/s1. The molecule has 0 aliphatic carbocycles. The molecule has 0 bridgehead atoms. The van der Waals surface area contributed by atoms with E-state index in [0.717, 1.165) is 57.9 Å². The van der Waals surface area contributed by atoms with Crippen LogP contribution in [0.5, 0.6) is 5.75 Å². The predicted molar refractivity (Wildman–Crippen MR) is 109 cm³/mol. The SMILES string of the molecule is COc1ccc(N2CCN(C(=O)CN3CCC[C@@H]3Cn3cccn3)CC2)cc1. The zero-order valence-electron chi connectivity index (χ0n) is 16.5. The fraction of sp³-hybridized carbons (Fsp3) is 0.524. The van der Waals surface area contributed by atoms with Gasteiger partial charge >= 0.3 is 0 Å². The van der Waals surface area contributed by atoms with Crippen LogP contribution in [-0.4, -0.2) is 77.9 Å². The summed E-state index contributed by atoms with van der Waals surface area (Å²) in [5.74, 6) is 1.12. The van der Waals surface area contributed by atoms with E-state index in [-0.39, 0.29) is 5.91 Å². The Kier molecular flexibility index (Phi) is 5.81. The van der Waals surface area contributed by atoms with Crippen molar-refractivity contribution in [3.05, 3.63) is 42.7 Å². The third-order valence-electron chi connectivity index (χ3n) is 5.86. The molecular weight excluding hydrogens is 354 g/mol. The van der Waals surface area contributed by atoms with Gasteiger partial charge in [0, 0.05) is 50.3 Å². The van der Waals surface area contributed by atoms with Gasteiger partial charge in [-0.05, 0) is 49.7 Å². The van der Waals surface area contributed by atoms with Crippen molar-refractivity contribution in [2.75, 3.05) is 51.3 Å². The number of hydrogen-bond donors (Lipinski definition) is 0. The van der Waals surface area contributed by atoms with Gasteiger partial charge in [0.05, 0.1) is 20.2 Å². The van der Waals surface area contributed by atoms with Crippen molar-refractivity contribution in [3.63, 3.8) is 0 Å². The van der Waals surface area contributed by atoms with Crippen molar-refractivity contribution in [2.24, 2.45) is 0 Å². The molecule has 1 aromatic carbocycles. The van der Waals surface area contributed by atoms with E-state index in [4.69, 9.17) is 4.74 Å². The maximum Gasteiger partial charge on any atom is 0.236 e. The van der Waals surface area contributed by atoms with Crippen molar-refractivity contribution >= 4 is 11.6 Å². The van der Waals surface area contributed by atoms with Crippen LogP contribution in [0.1, 0.15) is 12.8 Å². The van der Waals surface area contributed by atoms with E-state index in [2.05, 4.69) is 27.0 Å². The van der Waals surface area contributed by atoms with E-state index >= 15 is 0 Å². The lowest BCUT2D eigenvalue weighted by atomic mass is 10.2. The smallest absolute Gasteiger partial charge is 0.236 e. The fourth-order valence-electron chi connectivity index (χ4n) is 4.22. The number of carbonyl (C=O) groups excluding carboxylic acids is 1. The number of anilines is 1. The Morgan fingerprint density at radius 3 is 2.61 bits per heavy atom. The van der Waals surface area contributed by atoms with Gasteiger partial charge in [-0.1, -0.05) is 0 Å². The highest BCUT2D eigenvalue weighted by Crippen LogP contribution is 2.22. The molecule has 2 aliphatic rings. The van der Waals surface area contributed by atoms with Crippen LogP contribution in [0, 0.1) is 0 Å². The summed E-state index contributed by atoms with van der Waals surface area (Å²) in [4.78, 5) is 19.5. The summed E-state index contributed by atoms with van der Waals surface area (Å²) < 4.78 is 7.20. The highest BCUT2D eigenvalue weighted by Gasteiger charge is 2.29. The van der Waals surface area contributed by atoms with Crippen LogP contribution in [0.15, 0.2) is 42.7 Å². The first-order chi connectivity index (χ1) is 13.7. The molecule has 2 aliphatic heterocycles. The quantitative estimate of drug-likeness (QED) is 0.760. The third kappa shape index (κ3) is 4.30. The molecule has 28 heavy (non-hydrogen) atoms. The Balaban J connectivity index is 1.27. The van der Waals surface area contributed by atoms with Gasteiger partial charge in [0.1, 0.15) is 5.75 Å². The average Bonchev–Trinajstić information content (AvgIpc) is 3.41. The van der Waals surface area contributed by atoms with Gasteiger partial charge in [-0.2, -0.15) is 5.10 Å². The van der Waals surface area contributed by atoms with Crippen LogP contribution < -0.4 is 9.64 Å². The second kappa shape index (κ2) is 8.65. The first-order valence-corrected chi connectivity index (χ1v) is 10.1. The Bertz CT molecular complexity index is 754. The van der Waals surface area contributed by atoms with Gasteiger partial charge in [0.2, 0.25) is 5.91 Å². The number of rotatable bonds is 6. The maximum absolute atomic E-state index is 12.9. The van der Waals surface area contributed by atoms with Crippen molar-refractivity contribution in [1.82, 2.24) is 19.6 Å². The van der Waals surface area contributed by atoms with E-state index in [1.54, 1.807) is 7.11 Å². The molecule has 7 heteroatoms. The molecule has 1 amide bonds. The van der Waals surface area contributed by atoms with E-state index < -0.39 is 0 Å². The number of likely N-dealkylation sites (tertiary alicyclic amines) is 1. The number of nitrogens with zero attached hydrogens (tertiary/aromatic N) is 5. The molecule has 2 aromatic rings. The topological polar surface area (TPSA) is 53.8 Å². The van der Waals surface area contributed by atoms with Gasteiger partial charge < -0.3 is 14.5 Å². The van der Waals surface area contributed by atoms with Gasteiger partial charge in [-0.25, -0.2) is 0 Å². The molecule has 4 rings (SSSR count). The van der Waals surface area contributed by atoms with Crippen LogP contribution >= 0.6 is 0 Å². The number of piperazine rings is 1. The molecule has 0 radical (unpaired) electrons. The van der Waals surface area contributed by atoms with Crippen LogP contribution in [0.25, 0.3) is 0 Å². The van der Waals surface area contributed by atoms with E-state index in [0.29, 0.717) is 12.6 Å². The molecule has 1 aromatic heterocycles. The summed E-state index contributed by atoms with van der Waals surface area (Å²) in [6, 6.07) is 10.5. The van der Waals surface area contributed by atoms with Crippen molar-refractivity contribution in [1.29, 1.82) is 0 Å². The van der Waals surface area contributed by atoms with E-state index in [1.165, 1.54) is 5.69 Å². The van der Waals surface area contributed by atoms with Crippen molar-refractivity contribution < 1.29 is 9.53 Å². The summed E-state index contributed by atoms with van der Waals surface area (Å²) >= 11 is 0. The van der Waals surface area contributed by atoms with Gasteiger partial charge in [-0.3, -0.25) is 14.4 Å². The lowest BCUT2D eigenvalue weighted by molar-refractivity contribution is -0.133. The average molecular weight is 383 g/mol. The van der Waals surface area contributed by atoms with Crippen LogP contribution in [0.2, 0.25) is 0 Å². The largest absolute Gasteiger partial charge is 0.497 e. The summed E-state index contributed by atoms with van der Waals surface area (Å²) in [5.41, 5.74) is 1.19. The number of benzene rings is 1. The second-order valence-electron chi connectivity index (χ2n) is 7.56. The summed E-state index contributed by atoms with van der Waals surface area (Å²) in [6.07, 6.45) is 6.10. The summed E-state index contributed by atoms with van der Waals surface area (Å²) in [6.45, 7) is 5.69. The molecule has 150 valence electrons. The minimum Gasteiger partial charge on any atom is -0.497 e. The Morgan fingerprint density at radius 2 is 1.93 bits per heavy atom. The molecule has 3 heterocycles. The Morgan fingerprint density at radius 1 is 1.14 bits per heavy atom. The highest BCUT2D eigenvalue weighted by atomic mass is 16.5. The molecular formula is C21H29N5O2. The van der Waals surface area contributed by atoms with E-state index in [9.17, 15) is 4.79 Å². The molecule has 1 atom stereocenters. The lowest BCUT2D eigenvalue weighted by Gasteiger charge is -2.37. The molecule has 0 N–H and O–H groups in total. The number of ether oxygens (including phenoxy) is 1. The normalized spacial score (nSPS) is 20.5. The van der Waals surface area contributed by atoms with Crippen LogP contribution in [0.4, 0.5) is 5.69 Å². The second-order valence-corrected chi connectivity index (χ2v) is 7.56. The van der Waals surface area contributed by atoms with Crippen molar-refractivity contribution in [3.8, 4) is 5.75 Å². The fourth-order valence-corrected chi connectivity index (χ4v) is 4.22. The molecule has 0 spiro atoms. The molecule has 7 nitrogen and oxygen atoms in total. The minimum atomic E-state index is 0.252. The van der Waals surface area contributed by atoms with Crippen molar-refractivity contribution in [2.45, 2.75) is 25.4 Å². The number of methoxy groups -OCH3 is 1. The van der Waals surface area contributed by atoms with Crippen LogP contribution in [0.3, 0.4) is 0 Å². The monoisotopic (exact) mass is 383 g/mol. The first-order valence-electron chi connectivity index (χ1n) is 10.1. The number of aromatic nitrogens is 2. The predicted octanol–water partition coefficient (Wildman–Crippen LogP) is 1.70. The Hall–Kier alpha value is -2.54. The summed E-state index contributed by atoms with van der Waals surface area (Å²) in [7, 11) is 1.68. The van der Waals surface area contributed by atoms with Gasteiger partial charge in [-0.15, -0.1) is 0 Å².